The third-order valence-electron chi connectivity index (χ3n) is 3.37. The Balaban J connectivity index is 1.95. The van der Waals surface area contributed by atoms with E-state index in [4.69, 9.17) is 9.47 Å². The molecule has 2 atom stereocenters. The van der Waals surface area contributed by atoms with Crippen LogP contribution >= 0.6 is 15.9 Å². The van der Waals surface area contributed by atoms with Crippen molar-refractivity contribution in [2.24, 2.45) is 5.92 Å². The number of halogens is 1. The quantitative estimate of drug-likeness (QED) is 0.804. The van der Waals surface area contributed by atoms with Gasteiger partial charge in [-0.05, 0) is 36.5 Å². The van der Waals surface area contributed by atoms with E-state index in [9.17, 15) is 4.79 Å². The van der Waals surface area contributed by atoms with E-state index < -0.39 is 6.10 Å². The average Bonchev–Trinajstić information content (AvgIpc) is 2.77. The first kappa shape index (κ1) is 13.6. The Bertz CT molecular complexity index is 445. The molecule has 0 saturated carbocycles. The van der Waals surface area contributed by atoms with Crippen LogP contribution in [0, 0.1) is 12.8 Å². The summed E-state index contributed by atoms with van der Waals surface area (Å²) in [5, 5.41) is 0. The Hall–Kier alpha value is -0.870. The monoisotopic (exact) mass is 312 g/mol. The minimum absolute atomic E-state index is 0.251. The molecule has 0 bridgehead atoms. The van der Waals surface area contributed by atoms with Gasteiger partial charge in [0, 0.05) is 11.1 Å². The number of hydrogen-bond donors (Lipinski definition) is 0. The van der Waals surface area contributed by atoms with Gasteiger partial charge in [-0.3, -0.25) is 0 Å². The van der Waals surface area contributed by atoms with Gasteiger partial charge in [0.1, 0.15) is 6.61 Å². The van der Waals surface area contributed by atoms with Crippen molar-refractivity contribution in [1.29, 1.82) is 0 Å². The summed E-state index contributed by atoms with van der Waals surface area (Å²) in [6.45, 7) is 4.97. The van der Waals surface area contributed by atoms with E-state index in [0.29, 0.717) is 13.2 Å². The van der Waals surface area contributed by atoms with Crippen molar-refractivity contribution < 1.29 is 14.3 Å². The summed E-state index contributed by atoms with van der Waals surface area (Å²) in [5.41, 5.74) is 2.12. The van der Waals surface area contributed by atoms with E-state index in [-0.39, 0.29) is 11.9 Å². The van der Waals surface area contributed by atoms with Crippen LogP contribution in [-0.2, 0) is 20.9 Å². The minimum Gasteiger partial charge on any atom is -0.459 e. The van der Waals surface area contributed by atoms with Crippen LogP contribution in [0.25, 0.3) is 0 Å². The average molecular weight is 313 g/mol. The van der Waals surface area contributed by atoms with E-state index in [0.717, 1.165) is 22.0 Å². The maximum absolute atomic E-state index is 11.9. The molecule has 0 N–H and O–H groups in total. The molecule has 0 unspecified atom stereocenters. The van der Waals surface area contributed by atoms with E-state index in [1.165, 1.54) is 0 Å². The third kappa shape index (κ3) is 2.93. The highest BCUT2D eigenvalue weighted by molar-refractivity contribution is 9.10. The van der Waals surface area contributed by atoms with E-state index in [2.05, 4.69) is 15.9 Å². The molecule has 1 fully saturated rings. The summed E-state index contributed by atoms with van der Waals surface area (Å²) in [6, 6.07) is 5.88. The van der Waals surface area contributed by atoms with Crippen LogP contribution in [0.4, 0.5) is 0 Å². The Morgan fingerprint density at radius 1 is 1.56 bits per heavy atom. The summed E-state index contributed by atoms with van der Waals surface area (Å²) in [7, 11) is 0. The highest BCUT2D eigenvalue weighted by Gasteiger charge is 2.32. The summed E-state index contributed by atoms with van der Waals surface area (Å²) in [5.74, 6) is 0.000446. The molecular formula is C14H17BrO3. The number of hydrogen-bond acceptors (Lipinski definition) is 3. The summed E-state index contributed by atoms with van der Waals surface area (Å²) >= 11 is 3.46. The van der Waals surface area contributed by atoms with Gasteiger partial charge in [-0.2, -0.15) is 0 Å². The fourth-order valence-electron chi connectivity index (χ4n) is 2.04. The number of carbonyl (C=O) groups is 1. The molecule has 1 aromatic rings. The lowest BCUT2D eigenvalue weighted by Gasteiger charge is -2.14. The first-order valence-electron chi connectivity index (χ1n) is 6.12. The van der Waals surface area contributed by atoms with Crippen molar-refractivity contribution in [3.05, 3.63) is 33.8 Å². The van der Waals surface area contributed by atoms with E-state index in [1.54, 1.807) is 0 Å². The van der Waals surface area contributed by atoms with Crippen LogP contribution in [0.5, 0.6) is 0 Å². The van der Waals surface area contributed by atoms with Crippen molar-refractivity contribution in [2.45, 2.75) is 33.0 Å². The number of benzene rings is 1. The van der Waals surface area contributed by atoms with Gasteiger partial charge >= 0.3 is 5.97 Å². The van der Waals surface area contributed by atoms with Crippen LogP contribution in [0.2, 0.25) is 0 Å². The van der Waals surface area contributed by atoms with Crippen LogP contribution in [-0.4, -0.2) is 18.7 Å². The zero-order valence-electron chi connectivity index (χ0n) is 10.6. The Labute approximate surface area is 116 Å². The zero-order chi connectivity index (χ0) is 13.1. The Kier molecular flexibility index (Phi) is 4.40. The number of rotatable bonds is 3. The lowest BCUT2D eigenvalue weighted by atomic mass is 10.0. The molecule has 98 valence electrons. The van der Waals surface area contributed by atoms with E-state index >= 15 is 0 Å². The van der Waals surface area contributed by atoms with Crippen LogP contribution in [0.3, 0.4) is 0 Å². The molecule has 3 nitrogen and oxygen atoms in total. The molecule has 0 aliphatic carbocycles. The fraction of sp³-hybridized carbons (Fsp3) is 0.500. The largest absolute Gasteiger partial charge is 0.459 e. The second kappa shape index (κ2) is 5.85. The van der Waals surface area contributed by atoms with Crippen molar-refractivity contribution in [2.75, 3.05) is 6.61 Å². The highest BCUT2D eigenvalue weighted by atomic mass is 79.9. The number of esters is 1. The van der Waals surface area contributed by atoms with Crippen molar-refractivity contribution in [3.8, 4) is 0 Å². The van der Waals surface area contributed by atoms with Crippen LogP contribution < -0.4 is 0 Å². The van der Waals surface area contributed by atoms with Gasteiger partial charge in [0.2, 0.25) is 0 Å². The molecule has 4 heteroatoms. The molecule has 0 aromatic heterocycles. The standard InChI is InChI=1S/C14H17BrO3/c1-9-6-7-17-13(9)14(16)18-8-11-4-3-5-12(15)10(11)2/h3-5,9,13H,6-8H2,1-2H3/t9-,13-/m0/s1. The van der Waals surface area contributed by atoms with Gasteiger partial charge in [0.25, 0.3) is 0 Å². The molecule has 18 heavy (non-hydrogen) atoms. The van der Waals surface area contributed by atoms with Crippen molar-refractivity contribution >= 4 is 21.9 Å². The zero-order valence-corrected chi connectivity index (χ0v) is 12.2. The van der Waals surface area contributed by atoms with Gasteiger partial charge in [-0.1, -0.05) is 35.0 Å². The van der Waals surface area contributed by atoms with Gasteiger partial charge in [0.15, 0.2) is 6.10 Å². The molecule has 0 radical (unpaired) electrons. The molecular weight excluding hydrogens is 296 g/mol. The Morgan fingerprint density at radius 2 is 2.33 bits per heavy atom. The first-order valence-corrected chi connectivity index (χ1v) is 6.91. The van der Waals surface area contributed by atoms with Gasteiger partial charge in [0.05, 0.1) is 0 Å². The molecule has 1 aliphatic rings. The summed E-state index contributed by atoms with van der Waals surface area (Å²) in [4.78, 5) is 11.9. The lowest BCUT2D eigenvalue weighted by molar-refractivity contribution is -0.157. The molecule has 2 rings (SSSR count). The Morgan fingerprint density at radius 3 is 3.00 bits per heavy atom. The summed E-state index contributed by atoms with van der Waals surface area (Å²) < 4.78 is 11.7. The lowest BCUT2D eigenvalue weighted by Crippen LogP contribution is -2.27. The molecule has 0 amide bonds. The van der Waals surface area contributed by atoms with Gasteiger partial charge in [-0.25, -0.2) is 4.79 Å². The summed E-state index contributed by atoms with van der Waals surface area (Å²) in [6.07, 6.45) is 0.535. The highest BCUT2D eigenvalue weighted by Crippen LogP contribution is 2.23. The first-order chi connectivity index (χ1) is 8.59. The maximum atomic E-state index is 11.9. The third-order valence-corrected chi connectivity index (χ3v) is 4.23. The molecule has 1 aromatic carbocycles. The maximum Gasteiger partial charge on any atom is 0.335 e. The fourth-order valence-corrected chi connectivity index (χ4v) is 2.44. The van der Waals surface area contributed by atoms with Crippen LogP contribution in [0.15, 0.2) is 22.7 Å². The number of carbonyl (C=O) groups excluding carboxylic acids is 1. The molecule has 1 saturated heterocycles. The second-order valence-corrected chi connectivity index (χ2v) is 5.54. The SMILES string of the molecule is Cc1c(Br)cccc1COC(=O)[C@H]1OCC[C@@H]1C. The minimum atomic E-state index is -0.391. The van der Waals surface area contributed by atoms with E-state index in [1.807, 2.05) is 32.0 Å². The molecule has 1 aliphatic heterocycles. The van der Waals surface area contributed by atoms with Crippen LogP contribution in [0.1, 0.15) is 24.5 Å². The van der Waals surface area contributed by atoms with Gasteiger partial charge in [-0.15, -0.1) is 0 Å². The van der Waals surface area contributed by atoms with Crippen molar-refractivity contribution in [1.82, 2.24) is 0 Å². The van der Waals surface area contributed by atoms with Crippen molar-refractivity contribution in [3.63, 3.8) is 0 Å². The normalized spacial score (nSPS) is 23.1. The van der Waals surface area contributed by atoms with Gasteiger partial charge < -0.3 is 9.47 Å². The predicted octanol–water partition coefficient (Wildman–Crippen LogP) is 3.23. The molecule has 0 spiro atoms. The second-order valence-electron chi connectivity index (χ2n) is 4.69. The predicted molar refractivity (Wildman–Crippen MR) is 72.2 cm³/mol. The smallest absolute Gasteiger partial charge is 0.335 e. The topological polar surface area (TPSA) is 35.5 Å². The molecule has 1 heterocycles. The number of ether oxygens (including phenoxy) is 2.